The molecule has 0 aromatic heterocycles. The molecule has 1 unspecified atom stereocenters. The molecule has 0 spiro atoms. The third kappa shape index (κ3) is 5.11. The Labute approximate surface area is 212 Å². The van der Waals surface area contributed by atoms with E-state index in [0.717, 1.165) is 29.1 Å². The summed E-state index contributed by atoms with van der Waals surface area (Å²) in [5, 5.41) is 9.06. The van der Waals surface area contributed by atoms with Crippen LogP contribution in [0.1, 0.15) is 77.3 Å². The lowest BCUT2D eigenvalue weighted by Gasteiger charge is -2.57. The highest BCUT2D eigenvalue weighted by atomic mass is 16.7. The summed E-state index contributed by atoms with van der Waals surface area (Å²) < 4.78 is 16.9. The van der Waals surface area contributed by atoms with E-state index in [0.29, 0.717) is 5.56 Å². The molecule has 1 atom stereocenters. The molecule has 0 amide bonds. The number of benzene rings is 2. The Kier molecular flexibility index (Phi) is 7.00. The second-order valence-electron chi connectivity index (χ2n) is 10.8. The van der Waals surface area contributed by atoms with E-state index < -0.39 is 5.97 Å². The first kappa shape index (κ1) is 24.7. The molecule has 4 bridgehead atoms. The van der Waals surface area contributed by atoms with Crippen molar-refractivity contribution in [2.75, 3.05) is 13.9 Å². The molecule has 1 N–H and O–H groups in total. The maximum atomic E-state index is 13.0. The van der Waals surface area contributed by atoms with Crippen molar-refractivity contribution >= 4 is 17.8 Å². The topological polar surface area (TPSA) is 82.1 Å². The number of allylic oxidation sites excluding steroid dienone is 1. The van der Waals surface area contributed by atoms with Crippen LogP contribution < -0.4 is 4.74 Å². The van der Waals surface area contributed by atoms with Gasteiger partial charge < -0.3 is 19.3 Å². The quantitative estimate of drug-likeness (QED) is 0.246. The smallest absolute Gasteiger partial charge is 0.335 e. The summed E-state index contributed by atoms with van der Waals surface area (Å²) in [5.41, 5.74) is 2.86. The lowest BCUT2D eigenvalue weighted by Crippen LogP contribution is -2.48. The Hall–Kier alpha value is -2.96. The van der Waals surface area contributed by atoms with Crippen LogP contribution in [0.25, 0.3) is 6.08 Å². The van der Waals surface area contributed by atoms with Crippen LogP contribution in [-0.4, -0.2) is 37.1 Å². The standard InChI is InChI=1S/C30H34O6/c1-19(34-2)35-18-36-28-14-25(27(31)10-5-20-3-6-24(7-4-20)29(32)33)8-9-26(28)30-15-21-11-22(16-30)13-23(12-21)17-30/h3-10,14,19,21-23H,11-13,15-18H2,1-2H3,(H,32,33). The number of carboxylic acid groups (broad SMARTS) is 1. The second kappa shape index (κ2) is 10.2. The van der Waals surface area contributed by atoms with Gasteiger partial charge in [-0.2, -0.15) is 0 Å². The molecule has 0 heterocycles. The summed E-state index contributed by atoms with van der Waals surface area (Å²) in [7, 11) is 1.59. The third-order valence-corrected chi connectivity index (χ3v) is 8.31. The molecule has 4 saturated carbocycles. The normalized spacial score (nSPS) is 27.3. The Morgan fingerprint density at radius 1 is 1.00 bits per heavy atom. The van der Waals surface area contributed by atoms with Gasteiger partial charge in [0.25, 0.3) is 0 Å². The minimum atomic E-state index is -0.975. The monoisotopic (exact) mass is 490 g/mol. The molecule has 4 aliphatic rings. The minimum absolute atomic E-state index is 0.0534. The highest BCUT2D eigenvalue weighted by Gasteiger charge is 2.52. The lowest BCUT2D eigenvalue weighted by molar-refractivity contribution is -0.150. The average molecular weight is 491 g/mol. The van der Waals surface area contributed by atoms with Crippen LogP contribution in [0.3, 0.4) is 0 Å². The summed E-state index contributed by atoms with van der Waals surface area (Å²) in [5.74, 6) is 2.01. The van der Waals surface area contributed by atoms with Crippen LogP contribution in [-0.2, 0) is 14.9 Å². The van der Waals surface area contributed by atoms with Gasteiger partial charge in [-0.1, -0.05) is 30.3 Å². The van der Waals surface area contributed by atoms with E-state index in [9.17, 15) is 9.59 Å². The first-order chi connectivity index (χ1) is 17.3. The molecular weight excluding hydrogens is 456 g/mol. The molecule has 0 radical (unpaired) electrons. The van der Waals surface area contributed by atoms with Crippen molar-refractivity contribution in [3.8, 4) is 5.75 Å². The van der Waals surface area contributed by atoms with Gasteiger partial charge in [0.2, 0.25) is 0 Å². The van der Waals surface area contributed by atoms with Gasteiger partial charge in [0.1, 0.15) is 5.75 Å². The number of carboxylic acids is 1. The number of rotatable bonds is 10. The fourth-order valence-corrected chi connectivity index (χ4v) is 6.94. The molecule has 6 rings (SSSR count). The zero-order valence-corrected chi connectivity index (χ0v) is 20.9. The predicted octanol–water partition coefficient (Wildman–Crippen LogP) is 6.09. The van der Waals surface area contributed by atoms with Crippen molar-refractivity contribution in [3.05, 3.63) is 70.8 Å². The molecule has 6 nitrogen and oxygen atoms in total. The molecular formula is C30H34O6. The summed E-state index contributed by atoms with van der Waals surface area (Å²) in [6.45, 7) is 1.87. The van der Waals surface area contributed by atoms with E-state index in [1.54, 1.807) is 25.3 Å². The first-order valence-corrected chi connectivity index (χ1v) is 12.8. The molecule has 0 saturated heterocycles. The number of ketones is 1. The Morgan fingerprint density at radius 3 is 2.19 bits per heavy atom. The van der Waals surface area contributed by atoms with E-state index in [2.05, 4.69) is 6.07 Å². The number of hydrogen-bond acceptors (Lipinski definition) is 5. The fraction of sp³-hybridized carbons (Fsp3) is 0.467. The maximum Gasteiger partial charge on any atom is 0.335 e. The van der Waals surface area contributed by atoms with Crippen LogP contribution in [0.4, 0.5) is 0 Å². The van der Waals surface area contributed by atoms with Crippen LogP contribution in [0.15, 0.2) is 48.5 Å². The maximum absolute atomic E-state index is 13.0. The van der Waals surface area contributed by atoms with Gasteiger partial charge in [0.05, 0.1) is 5.56 Å². The van der Waals surface area contributed by atoms with Crippen LogP contribution >= 0.6 is 0 Å². The van der Waals surface area contributed by atoms with Crippen LogP contribution in [0, 0.1) is 17.8 Å². The van der Waals surface area contributed by atoms with Crippen LogP contribution in [0.5, 0.6) is 5.75 Å². The van der Waals surface area contributed by atoms with Crippen molar-refractivity contribution < 1.29 is 28.9 Å². The van der Waals surface area contributed by atoms with Gasteiger partial charge in [-0.05, 0) is 98.5 Å². The van der Waals surface area contributed by atoms with Crippen LogP contribution in [0.2, 0.25) is 0 Å². The van der Waals surface area contributed by atoms with Gasteiger partial charge in [0, 0.05) is 18.2 Å². The number of hydrogen-bond donors (Lipinski definition) is 1. The molecule has 2 aromatic rings. The summed E-state index contributed by atoms with van der Waals surface area (Å²) >= 11 is 0. The second-order valence-corrected chi connectivity index (χ2v) is 10.8. The molecule has 2 aromatic carbocycles. The van der Waals surface area contributed by atoms with Crippen molar-refractivity contribution in [2.24, 2.45) is 17.8 Å². The molecule has 190 valence electrons. The fourth-order valence-electron chi connectivity index (χ4n) is 6.94. The van der Waals surface area contributed by atoms with Gasteiger partial charge in [-0.15, -0.1) is 0 Å². The van der Waals surface area contributed by atoms with E-state index >= 15 is 0 Å². The molecule has 4 aliphatic carbocycles. The van der Waals surface area contributed by atoms with E-state index in [1.165, 1.54) is 62.3 Å². The number of ether oxygens (including phenoxy) is 3. The Bertz CT molecular complexity index is 1110. The van der Waals surface area contributed by atoms with Crippen molar-refractivity contribution in [2.45, 2.75) is 57.2 Å². The zero-order chi connectivity index (χ0) is 25.3. The SMILES string of the molecule is COC(C)OCOc1cc(C(=O)C=Cc2ccc(C(=O)O)cc2)ccc1C12CC3CC(CC(C3)C1)C2. The molecule has 36 heavy (non-hydrogen) atoms. The van der Waals surface area contributed by atoms with Gasteiger partial charge in [-0.25, -0.2) is 4.79 Å². The summed E-state index contributed by atoms with van der Waals surface area (Å²) in [6.07, 6.45) is 10.5. The Balaban J connectivity index is 1.39. The van der Waals surface area contributed by atoms with Gasteiger partial charge in [-0.3, -0.25) is 4.79 Å². The molecule has 6 heteroatoms. The van der Waals surface area contributed by atoms with Gasteiger partial charge in [0.15, 0.2) is 18.9 Å². The zero-order valence-electron chi connectivity index (χ0n) is 20.9. The number of carbonyl (C=O) groups excluding carboxylic acids is 1. The number of aromatic carboxylic acids is 1. The highest BCUT2D eigenvalue weighted by molar-refractivity contribution is 6.07. The number of methoxy groups -OCH3 is 1. The van der Waals surface area contributed by atoms with E-state index in [4.69, 9.17) is 19.3 Å². The van der Waals surface area contributed by atoms with Gasteiger partial charge >= 0.3 is 5.97 Å². The minimum Gasteiger partial charge on any atom is -0.478 e. The summed E-state index contributed by atoms with van der Waals surface area (Å²) in [6, 6.07) is 12.3. The average Bonchev–Trinajstić information content (AvgIpc) is 2.86. The largest absolute Gasteiger partial charge is 0.478 e. The van der Waals surface area contributed by atoms with E-state index in [1.807, 2.05) is 19.1 Å². The van der Waals surface area contributed by atoms with Crippen molar-refractivity contribution in [1.82, 2.24) is 0 Å². The molecule has 4 fully saturated rings. The summed E-state index contributed by atoms with van der Waals surface area (Å²) in [4.78, 5) is 24.1. The van der Waals surface area contributed by atoms with Crippen molar-refractivity contribution in [3.63, 3.8) is 0 Å². The number of carbonyl (C=O) groups is 2. The third-order valence-electron chi connectivity index (χ3n) is 8.31. The first-order valence-electron chi connectivity index (χ1n) is 12.8. The highest BCUT2D eigenvalue weighted by Crippen LogP contribution is 2.61. The Morgan fingerprint density at radius 2 is 1.61 bits per heavy atom. The van der Waals surface area contributed by atoms with Crippen molar-refractivity contribution in [1.29, 1.82) is 0 Å². The van der Waals surface area contributed by atoms with E-state index in [-0.39, 0.29) is 29.8 Å². The lowest BCUT2D eigenvalue weighted by atomic mass is 9.48. The predicted molar refractivity (Wildman–Crippen MR) is 136 cm³/mol. The molecule has 0 aliphatic heterocycles.